The average Bonchev–Trinajstić information content (AvgIpc) is 2.52. The van der Waals surface area contributed by atoms with Gasteiger partial charge in [-0.2, -0.15) is 0 Å². The monoisotopic (exact) mass is 255 g/mol. The molecule has 2 rings (SSSR count). The molecule has 0 bridgehead atoms. The highest BCUT2D eigenvalue weighted by molar-refractivity contribution is 5.86. The lowest BCUT2D eigenvalue weighted by molar-refractivity contribution is -0.152. The highest BCUT2D eigenvalue weighted by atomic mass is 16.5. The first kappa shape index (κ1) is 13.3. The summed E-state index contributed by atoms with van der Waals surface area (Å²) in [6.07, 6.45) is 3.29. The van der Waals surface area contributed by atoms with Crippen LogP contribution in [0.5, 0.6) is 0 Å². The van der Waals surface area contributed by atoms with Gasteiger partial charge in [-0.1, -0.05) is 0 Å². The Labute approximate surface area is 107 Å². The van der Waals surface area contributed by atoms with E-state index in [-0.39, 0.29) is 23.5 Å². The van der Waals surface area contributed by atoms with Crippen LogP contribution in [0.2, 0.25) is 0 Å². The number of nitrogens with one attached hydrogen (secondary N) is 1. The molecule has 18 heavy (non-hydrogen) atoms. The highest BCUT2D eigenvalue weighted by Gasteiger charge is 2.41. The van der Waals surface area contributed by atoms with Gasteiger partial charge in [-0.05, 0) is 39.5 Å². The maximum Gasteiger partial charge on any atom is 0.307 e. The largest absolute Gasteiger partial charge is 0.481 e. The predicted octanol–water partition coefficient (Wildman–Crippen LogP) is 1.17. The number of ether oxygens (including phenoxy) is 1. The van der Waals surface area contributed by atoms with Gasteiger partial charge < -0.3 is 15.2 Å². The van der Waals surface area contributed by atoms with Gasteiger partial charge in [-0.3, -0.25) is 9.59 Å². The summed E-state index contributed by atoms with van der Waals surface area (Å²) in [4.78, 5) is 22.7. The van der Waals surface area contributed by atoms with E-state index in [0.717, 1.165) is 12.8 Å². The van der Waals surface area contributed by atoms with Crippen molar-refractivity contribution in [3.63, 3.8) is 0 Å². The number of carbonyl (C=O) groups excluding carboxylic acids is 1. The molecule has 0 aromatic rings. The van der Waals surface area contributed by atoms with E-state index in [2.05, 4.69) is 5.32 Å². The van der Waals surface area contributed by atoms with Crippen LogP contribution in [0.3, 0.4) is 0 Å². The van der Waals surface area contributed by atoms with E-state index in [4.69, 9.17) is 9.84 Å². The molecule has 1 aliphatic heterocycles. The van der Waals surface area contributed by atoms with E-state index in [9.17, 15) is 9.59 Å². The third kappa shape index (κ3) is 2.83. The Bertz CT molecular complexity index is 353. The number of carboxylic acid groups (broad SMARTS) is 1. The molecule has 0 aromatic heterocycles. The molecule has 1 heterocycles. The Morgan fingerprint density at radius 1 is 1.28 bits per heavy atom. The molecule has 3 unspecified atom stereocenters. The summed E-state index contributed by atoms with van der Waals surface area (Å²) in [5.74, 6) is -1.84. The summed E-state index contributed by atoms with van der Waals surface area (Å²) < 4.78 is 5.77. The third-order valence-electron chi connectivity index (χ3n) is 3.99. The van der Waals surface area contributed by atoms with E-state index in [1.54, 1.807) is 0 Å². The van der Waals surface area contributed by atoms with Crippen LogP contribution in [0.15, 0.2) is 0 Å². The molecule has 102 valence electrons. The highest BCUT2D eigenvalue weighted by Crippen LogP contribution is 2.34. The first-order valence-electron chi connectivity index (χ1n) is 6.57. The molecule has 1 amide bonds. The van der Waals surface area contributed by atoms with Gasteiger partial charge in [0.2, 0.25) is 5.91 Å². The van der Waals surface area contributed by atoms with Gasteiger partial charge in [0.05, 0.1) is 23.5 Å². The second-order valence-electron chi connectivity index (χ2n) is 5.91. The molecule has 2 N–H and O–H groups in total. The van der Waals surface area contributed by atoms with Gasteiger partial charge >= 0.3 is 5.97 Å². The molecular formula is C13H21NO4. The van der Waals surface area contributed by atoms with Crippen molar-refractivity contribution in [2.45, 2.75) is 51.2 Å². The van der Waals surface area contributed by atoms with Gasteiger partial charge in [0.25, 0.3) is 0 Å². The van der Waals surface area contributed by atoms with Crippen molar-refractivity contribution in [3.05, 3.63) is 0 Å². The minimum absolute atomic E-state index is 0.0623. The Kier molecular flexibility index (Phi) is 3.61. The van der Waals surface area contributed by atoms with Gasteiger partial charge in [-0.15, -0.1) is 0 Å². The average molecular weight is 255 g/mol. The van der Waals surface area contributed by atoms with Crippen LogP contribution >= 0.6 is 0 Å². The number of hydrogen-bond acceptors (Lipinski definition) is 3. The standard InChI is InChI=1S/C13H21NO4/c1-13(2)6-5-8(18-13)7-14-11(15)9-3-4-10(9)12(16)17/h8-10H,3-7H2,1-2H3,(H,14,15)(H,16,17). The minimum Gasteiger partial charge on any atom is -0.481 e. The third-order valence-corrected chi connectivity index (χ3v) is 3.99. The molecule has 1 saturated heterocycles. The Balaban J connectivity index is 1.74. The molecule has 1 saturated carbocycles. The van der Waals surface area contributed by atoms with E-state index >= 15 is 0 Å². The van der Waals surface area contributed by atoms with Gasteiger partial charge in [0, 0.05) is 6.54 Å². The van der Waals surface area contributed by atoms with Crippen molar-refractivity contribution in [1.29, 1.82) is 0 Å². The number of rotatable bonds is 4. The fraction of sp³-hybridized carbons (Fsp3) is 0.846. The molecule has 2 aliphatic rings. The van der Waals surface area contributed by atoms with E-state index in [1.807, 2.05) is 13.8 Å². The molecule has 1 aliphatic carbocycles. The fourth-order valence-corrected chi connectivity index (χ4v) is 2.68. The van der Waals surface area contributed by atoms with Crippen LogP contribution in [0.25, 0.3) is 0 Å². The zero-order valence-corrected chi connectivity index (χ0v) is 10.9. The molecule has 5 heteroatoms. The zero-order valence-electron chi connectivity index (χ0n) is 10.9. The molecule has 2 fully saturated rings. The summed E-state index contributed by atoms with van der Waals surface area (Å²) in [6, 6.07) is 0. The van der Waals surface area contributed by atoms with Crippen LogP contribution in [0.4, 0.5) is 0 Å². The van der Waals surface area contributed by atoms with Crippen molar-refractivity contribution in [3.8, 4) is 0 Å². The van der Waals surface area contributed by atoms with Gasteiger partial charge in [0.1, 0.15) is 0 Å². The van der Waals surface area contributed by atoms with Crippen LogP contribution in [-0.4, -0.2) is 35.2 Å². The molecule has 3 atom stereocenters. The molecule has 0 radical (unpaired) electrons. The second-order valence-corrected chi connectivity index (χ2v) is 5.91. The van der Waals surface area contributed by atoms with E-state index < -0.39 is 11.9 Å². The molecular weight excluding hydrogens is 234 g/mol. The summed E-state index contributed by atoms with van der Waals surface area (Å²) in [5.41, 5.74) is -0.102. The van der Waals surface area contributed by atoms with Crippen LogP contribution in [0, 0.1) is 11.8 Å². The van der Waals surface area contributed by atoms with Gasteiger partial charge in [-0.25, -0.2) is 0 Å². The lowest BCUT2D eigenvalue weighted by Crippen LogP contribution is -2.46. The second kappa shape index (κ2) is 4.88. The maximum atomic E-state index is 11.8. The summed E-state index contributed by atoms with van der Waals surface area (Å²) in [5, 5.41) is 11.7. The molecule has 5 nitrogen and oxygen atoms in total. The normalized spacial score (nSPS) is 33.8. The number of aliphatic carboxylic acids is 1. The Hall–Kier alpha value is -1.10. The Morgan fingerprint density at radius 2 is 1.94 bits per heavy atom. The minimum atomic E-state index is -0.861. The van der Waals surface area contributed by atoms with Crippen molar-refractivity contribution in [2.75, 3.05) is 6.54 Å². The Morgan fingerprint density at radius 3 is 2.39 bits per heavy atom. The number of amides is 1. The molecule has 0 spiro atoms. The summed E-state index contributed by atoms with van der Waals surface area (Å²) in [6.45, 7) is 4.58. The summed E-state index contributed by atoms with van der Waals surface area (Å²) >= 11 is 0. The number of hydrogen-bond donors (Lipinski definition) is 2. The predicted molar refractivity (Wildman–Crippen MR) is 65.0 cm³/mol. The van der Waals surface area contributed by atoms with Crippen molar-refractivity contribution < 1.29 is 19.4 Å². The fourth-order valence-electron chi connectivity index (χ4n) is 2.68. The van der Waals surface area contributed by atoms with Gasteiger partial charge in [0.15, 0.2) is 0 Å². The first-order chi connectivity index (χ1) is 8.39. The zero-order chi connectivity index (χ0) is 13.3. The summed E-state index contributed by atoms with van der Waals surface area (Å²) in [7, 11) is 0. The van der Waals surface area contributed by atoms with Crippen molar-refractivity contribution in [1.82, 2.24) is 5.32 Å². The van der Waals surface area contributed by atoms with E-state index in [1.165, 1.54) is 0 Å². The lowest BCUT2D eigenvalue weighted by atomic mass is 9.73. The maximum absolute atomic E-state index is 11.8. The van der Waals surface area contributed by atoms with E-state index in [0.29, 0.717) is 19.4 Å². The van der Waals surface area contributed by atoms with Crippen molar-refractivity contribution in [2.24, 2.45) is 11.8 Å². The van der Waals surface area contributed by atoms with Crippen LogP contribution in [0.1, 0.15) is 39.5 Å². The van der Waals surface area contributed by atoms with Crippen LogP contribution in [-0.2, 0) is 14.3 Å². The number of carbonyl (C=O) groups is 2. The quantitative estimate of drug-likeness (QED) is 0.790. The van der Waals surface area contributed by atoms with Crippen molar-refractivity contribution >= 4 is 11.9 Å². The smallest absolute Gasteiger partial charge is 0.307 e. The topological polar surface area (TPSA) is 75.6 Å². The molecule has 0 aromatic carbocycles. The lowest BCUT2D eigenvalue weighted by Gasteiger charge is -2.32. The van der Waals surface area contributed by atoms with Crippen LogP contribution < -0.4 is 5.32 Å². The first-order valence-corrected chi connectivity index (χ1v) is 6.57. The number of carboxylic acids is 1. The SMILES string of the molecule is CC1(C)CCC(CNC(=O)C2CCC2C(=O)O)O1.